The van der Waals surface area contributed by atoms with Gasteiger partial charge in [-0.15, -0.1) is 0 Å². The van der Waals surface area contributed by atoms with Crippen molar-refractivity contribution in [2.24, 2.45) is 0 Å². The summed E-state index contributed by atoms with van der Waals surface area (Å²) in [5.41, 5.74) is -2.02. The molecule has 2 rings (SSSR count). The fraction of sp³-hybridized carbons (Fsp3) is 0.0714. The maximum Gasteiger partial charge on any atom is 0.417 e. The van der Waals surface area contributed by atoms with Crippen molar-refractivity contribution >= 4 is 11.6 Å². The minimum Gasteiger partial charge on any atom is -0.322 e. The van der Waals surface area contributed by atoms with Crippen LogP contribution in [0.1, 0.15) is 15.9 Å². The summed E-state index contributed by atoms with van der Waals surface area (Å²) in [6.45, 7) is 0. The van der Waals surface area contributed by atoms with E-state index in [0.29, 0.717) is 6.07 Å². The molecule has 0 unspecified atom stereocenters. The van der Waals surface area contributed by atoms with Crippen LogP contribution in [0.2, 0.25) is 0 Å². The second kappa shape index (κ2) is 5.51. The van der Waals surface area contributed by atoms with E-state index in [4.69, 9.17) is 0 Å². The summed E-state index contributed by atoms with van der Waals surface area (Å²) >= 11 is 0. The number of alkyl halides is 3. The Balaban J connectivity index is 2.33. The Hall–Kier alpha value is -2.44. The third-order valence-corrected chi connectivity index (χ3v) is 2.60. The van der Waals surface area contributed by atoms with E-state index in [1.165, 1.54) is 6.07 Å². The standard InChI is InChI=1S/C14H8F5NO/c15-8-5-9(16)7-10(6-8)20-13(21)11-3-1-2-4-12(11)14(17,18)19/h1-7H,(H,20,21). The molecule has 110 valence electrons. The van der Waals surface area contributed by atoms with Gasteiger partial charge in [-0.1, -0.05) is 12.1 Å². The van der Waals surface area contributed by atoms with Crippen LogP contribution in [-0.2, 0) is 6.18 Å². The Morgan fingerprint density at radius 3 is 2.10 bits per heavy atom. The first-order valence-electron chi connectivity index (χ1n) is 5.71. The van der Waals surface area contributed by atoms with Crippen LogP contribution in [0, 0.1) is 11.6 Å². The Morgan fingerprint density at radius 2 is 1.52 bits per heavy atom. The predicted octanol–water partition coefficient (Wildman–Crippen LogP) is 4.24. The summed E-state index contributed by atoms with van der Waals surface area (Å²) < 4.78 is 64.3. The van der Waals surface area contributed by atoms with E-state index in [9.17, 15) is 26.7 Å². The first-order valence-corrected chi connectivity index (χ1v) is 5.71. The predicted molar refractivity (Wildman–Crippen MR) is 65.8 cm³/mol. The van der Waals surface area contributed by atoms with Crippen LogP contribution in [0.5, 0.6) is 0 Å². The lowest BCUT2D eigenvalue weighted by Gasteiger charge is -2.12. The average molecular weight is 301 g/mol. The number of rotatable bonds is 2. The SMILES string of the molecule is O=C(Nc1cc(F)cc(F)c1)c1ccccc1C(F)(F)F. The van der Waals surface area contributed by atoms with E-state index in [1.807, 2.05) is 5.32 Å². The van der Waals surface area contributed by atoms with Gasteiger partial charge < -0.3 is 5.32 Å². The largest absolute Gasteiger partial charge is 0.417 e. The van der Waals surface area contributed by atoms with Crippen molar-refractivity contribution < 1.29 is 26.7 Å². The van der Waals surface area contributed by atoms with E-state index in [1.54, 1.807) is 0 Å². The van der Waals surface area contributed by atoms with Crippen molar-refractivity contribution in [3.05, 3.63) is 65.2 Å². The van der Waals surface area contributed by atoms with Crippen LogP contribution in [0.15, 0.2) is 42.5 Å². The zero-order valence-corrected chi connectivity index (χ0v) is 10.3. The number of nitrogens with one attached hydrogen (secondary N) is 1. The molecule has 0 heterocycles. The number of halogens is 5. The van der Waals surface area contributed by atoms with Crippen molar-refractivity contribution in [3.8, 4) is 0 Å². The van der Waals surface area contributed by atoms with Crippen molar-refractivity contribution in [2.75, 3.05) is 5.32 Å². The van der Waals surface area contributed by atoms with E-state index in [-0.39, 0.29) is 5.69 Å². The number of hydrogen-bond donors (Lipinski definition) is 1. The van der Waals surface area contributed by atoms with Gasteiger partial charge in [-0.3, -0.25) is 4.79 Å². The van der Waals surface area contributed by atoms with Crippen LogP contribution in [0.25, 0.3) is 0 Å². The highest BCUT2D eigenvalue weighted by molar-refractivity contribution is 6.05. The molecule has 21 heavy (non-hydrogen) atoms. The first kappa shape index (κ1) is 15.0. The van der Waals surface area contributed by atoms with E-state index in [2.05, 4.69) is 0 Å². The lowest BCUT2D eigenvalue weighted by molar-refractivity contribution is -0.137. The summed E-state index contributed by atoms with van der Waals surface area (Å²) in [7, 11) is 0. The van der Waals surface area contributed by atoms with E-state index < -0.39 is 34.8 Å². The molecule has 0 radical (unpaired) electrons. The molecule has 2 aromatic carbocycles. The average Bonchev–Trinajstić information content (AvgIpc) is 2.36. The molecule has 1 amide bonds. The van der Waals surface area contributed by atoms with Gasteiger partial charge >= 0.3 is 6.18 Å². The summed E-state index contributed by atoms with van der Waals surface area (Å²) in [6.07, 6.45) is -4.71. The quantitative estimate of drug-likeness (QED) is 0.826. The molecule has 0 aliphatic carbocycles. The molecule has 0 bridgehead atoms. The minimum absolute atomic E-state index is 0.269. The van der Waals surface area contributed by atoms with Crippen molar-refractivity contribution in [1.82, 2.24) is 0 Å². The molecule has 0 spiro atoms. The molecule has 0 aliphatic rings. The van der Waals surface area contributed by atoms with Gasteiger partial charge in [0.05, 0.1) is 11.1 Å². The number of amides is 1. The minimum atomic E-state index is -4.71. The Morgan fingerprint density at radius 1 is 0.952 bits per heavy atom. The van der Waals surface area contributed by atoms with Gasteiger partial charge in [-0.25, -0.2) is 8.78 Å². The zero-order chi connectivity index (χ0) is 15.6. The van der Waals surface area contributed by atoms with Gasteiger partial charge in [0, 0.05) is 11.8 Å². The molecular formula is C14H8F5NO. The Kier molecular flexibility index (Phi) is 3.93. The molecule has 0 saturated carbocycles. The molecule has 2 aromatic rings. The third-order valence-electron chi connectivity index (χ3n) is 2.60. The summed E-state index contributed by atoms with van der Waals surface area (Å²) in [4.78, 5) is 11.8. The molecule has 0 aromatic heterocycles. The van der Waals surface area contributed by atoms with Gasteiger partial charge in [0.2, 0.25) is 0 Å². The number of anilines is 1. The number of hydrogen-bond acceptors (Lipinski definition) is 1. The molecule has 0 aliphatic heterocycles. The highest BCUT2D eigenvalue weighted by atomic mass is 19.4. The Bertz CT molecular complexity index is 661. The molecule has 0 saturated heterocycles. The fourth-order valence-electron chi connectivity index (χ4n) is 1.75. The summed E-state index contributed by atoms with van der Waals surface area (Å²) in [5, 5.41) is 2.03. The van der Waals surface area contributed by atoms with Gasteiger partial charge in [0.25, 0.3) is 5.91 Å². The topological polar surface area (TPSA) is 29.1 Å². The normalized spacial score (nSPS) is 11.3. The van der Waals surface area contributed by atoms with Crippen LogP contribution in [-0.4, -0.2) is 5.91 Å². The van der Waals surface area contributed by atoms with Crippen LogP contribution in [0.4, 0.5) is 27.6 Å². The lowest BCUT2D eigenvalue weighted by atomic mass is 10.1. The van der Waals surface area contributed by atoms with Gasteiger partial charge in [0.15, 0.2) is 0 Å². The van der Waals surface area contributed by atoms with Gasteiger partial charge in [0.1, 0.15) is 11.6 Å². The van der Waals surface area contributed by atoms with Crippen molar-refractivity contribution in [2.45, 2.75) is 6.18 Å². The molecule has 2 nitrogen and oxygen atoms in total. The molecule has 1 N–H and O–H groups in total. The Labute approximate surface area is 116 Å². The molecule has 0 atom stereocenters. The van der Waals surface area contributed by atoms with E-state index in [0.717, 1.165) is 30.3 Å². The molecule has 0 fully saturated rings. The molecule has 7 heteroatoms. The third kappa shape index (κ3) is 3.56. The summed E-state index contributed by atoms with van der Waals surface area (Å²) in [6, 6.07) is 6.32. The second-order valence-electron chi connectivity index (χ2n) is 4.16. The number of carbonyl (C=O) groups excluding carboxylic acids is 1. The van der Waals surface area contributed by atoms with Crippen molar-refractivity contribution in [3.63, 3.8) is 0 Å². The maximum absolute atomic E-state index is 13.0. The smallest absolute Gasteiger partial charge is 0.322 e. The van der Waals surface area contributed by atoms with Gasteiger partial charge in [-0.05, 0) is 24.3 Å². The zero-order valence-electron chi connectivity index (χ0n) is 10.3. The first-order chi connectivity index (χ1) is 9.77. The van der Waals surface area contributed by atoms with Gasteiger partial charge in [-0.2, -0.15) is 13.2 Å². The monoisotopic (exact) mass is 301 g/mol. The maximum atomic E-state index is 13.0. The highest BCUT2D eigenvalue weighted by Crippen LogP contribution is 2.32. The lowest BCUT2D eigenvalue weighted by Crippen LogP contribution is -2.18. The second-order valence-corrected chi connectivity index (χ2v) is 4.16. The van der Waals surface area contributed by atoms with Crippen LogP contribution in [0.3, 0.4) is 0 Å². The van der Waals surface area contributed by atoms with Crippen molar-refractivity contribution in [1.29, 1.82) is 0 Å². The van der Waals surface area contributed by atoms with Crippen LogP contribution >= 0.6 is 0 Å². The number of benzene rings is 2. The fourth-order valence-corrected chi connectivity index (χ4v) is 1.75. The van der Waals surface area contributed by atoms with E-state index >= 15 is 0 Å². The van der Waals surface area contributed by atoms with Crippen LogP contribution < -0.4 is 5.32 Å². The number of carbonyl (C=O) groups is 1. The summed E-state index contributed by atoms with van der Waals surface area (Å²) in [5.74, 6) is -3.00. The highest BCUT2D eigenvalue weighted by Gasteiger charge is 2.34. The molecular weight excluding hydrogens is 293 g/mol.